The van der Waals surface area contributed by atoms with Crippen LogP contribution >= 0.6 is 23.4 Å². The summed E-state index contributed by atoms with van der Waals surface area (Å²) in [5.41, 5.74) is 0.481. The van der Waals surface area contributed by atoms with Gasteiger partial charge in [0, 0.05) is 0 Å². The SMILES string of the molecule is CCCC/C=C/C1=CCC(C(=O)NC(C(C)Cl)C2OC(SC)O[C@@H](O)C2O)NCC1. The molecular weight excluding hydrogens is 428 g/mol. The molecule has 0 aromatic heterocycles. The van der Waals surface area contributed by atoms with Crippen molar-refractivity contribution in [2.75, 3.05) is 12.8 Å². The Morgan fingerprint density at radius 3 is 2.90 bits per heavy atom. The molecule has 0 aromatic carbocycles. The molecule has 30 heavy (non-hydrogen) atoms. The Kier molecular flexibility index (Phi) is 11.2. The van der Waals surface area contributed by atoms with Gasteiger partial charge in [-0.05, 0) is 39.0 Å². The maximum absolute atomic E-state index is 12.9. The van der Waals surface area contributed by atoms with Crippen molar-refractivity contribution in [1.29, 1.82) is 0 Å². The van der Waals surface area contributed by atoms with Crippen molar-refractivity contribution < 1.29 is 24.5 Å². The highest BCUT2D eigenvalue weighted by Crippen LogP contribution is 2.28. The van der Waals surface area contributed by atoms with Gasteiger partial charge >= 0.3 is 0 Å². The molecule has 1 fully saturated rings. The van der Waals surface area contributed by atoms with E-state index in [9.17, 15) is 15.0 Å². The summed E-state index contributed by atoms with van der Waals surface area (Å²) < 4.78 is 10.9. The van der Waals surface area contributed by atoms with E-state index in [4.69, 9.17) is 21.1 Å². The van der Waals surface area contributed by atoms with E-state index in [0.717, 1.165) is 12.8 Å². The Hall–Kier alpha value is -0.610. The molecule has 7 nitrogen and oxygen atoms in total. The van der Waals surface area contributed by atoms with Crippen LogP contribution in [0.5, 0.6) is 0 Å². The topological polar surface area (TPSA) is 100 Å². The first-order chi connectivity index (χ1) is 14.4. The highest BCUT2D eigenvalue weighted by Gasteiger charge is 2.44. The summed E-state index contributed by atoms with van der Waals surface area (Å²) in [5.74, 6) is -0.211. The number of unbranched alkanes of at least 4 members (excludes halogenated alkanes) is 2. The van der Waals surface area contributed by atoms with Crippen LogP contribution in [0, 0.1) is 0 Å². The number of carbonyl (C=O) groups is 1. The van der Waals surface area contributed by atoms with Gasteiger partial charge in [-0.25, -0.2) is 0 Å². The number of aliphatic hydroxyl groups is 2. The summed E-state index contributed by atoms with van der Waals surface area (Å²) in [4.78, 5) is 12.9. The summed E-state index contributed by atoms with van der Waals surface area (Å²) in [6.45, 7) is 4.60. The third-order valence-corrected chi connectivity index (χ3v) is 6.17. The van der Waals surface area contributed by atoms with Crippen molar-refractivity contribution in [3.05, 3.63) is 23.8 Å². The van der Waals surface area contributed by atoms with Crippen LogP contribution in [-0.2, 0) is 14.3 Å². The molecule has 2 aliphatic heterocycles. The second-order valence-electron chi connectivity index (χ2n) is 7.67. The van der Waals surface area contributed by atoms with E-state index >= 15 is 0 Å². The van der Waals surface area contributed by atoms with Crippen LogP contribution < -0.4 is 10.6 Å². The number of carbonyl (C=O) groups excluding carboxylic acids is 1. The normalized spacial score (nSPS) is 32.3. The summed E-state index contributed by atoms with van der Waals surface area (Å²) in [6.07, 6.45) is 9.44. The summed E-state index contributed by atoms with van der Waals surface area (Å²) in [5, 5.41) is 26.0. The standard InChI is InChI=1S/C21H35ClN2O5S/c1-4-5-6-7-8-14-9-10-15(23-12-11-14)19(26)24-16(13(2)22)18-17(25)20(27)29-21(28-18)30-3/h7-9,13,15-18,20-21,23,25,27H,4-6,10-12H2,1-3H3,(H,24,26)/b8-7+/t13?,15?,16?,17?,18?,20-,21?/m1/s1. The number of aliphatic hydroxyl groups excluding tert-OH is 2. The molecule has 0 saturated carbocycles. The fourth-order valence-corrected chi connectivity index (χ4v) is 4.15. The van der Waals surface area contributed by atoms with E-state index in [-0.39, 0.29) is 5.91 Å². The van der Waals surface area contributed by atoms with Crippen LogP contribution in [0.15, 0.2) is 23.8 Å². The van der Waals surface area contributed by atoms with E-state index < -0.39 is 41.6 Å². The molecule has 9 heteroatoms. The van der Waals surface area contributed by atoms with Gasteiger partial charge in [-0.3, -0.25) is 4.79 Å². The lowest BCUT2D eigenvalue weighted by molar-refractivity contribution is -0.308. The quantitative estimate of drug-likeness (QED) is 0.308. The molecule has 0 aliphatic carbocycles. The molecule has 1 saturated heterocycles. The predicted octanol–water partition coefficient (Wildman–Crippen LogP) is 2.26. The van der Waals surface area contributed by atoms with Gasteiger partial charge in [0.15, 0.2) is 6.29 Å². The molecule has 0 aromatic rings. The molecule has 6 unspecified atom stereocenters. The van der Waals surface area contributed by atoms with Gasteiger partial charge in [0.05, 0.1) is 17.5 Å². The monoisotopic (exact) mass is 462 g/mol. The van der Waals surface area contributed by atoms with Gasteiger partial charge in [-0.1, -0.05) is 43.6 Å². The van der Waals surface area contributed by atoms with Gasteiger partial charge in [0.2, 0.25) is 11.5 Å². The van der Waals surface area contributed by atoms with Crippen molar-refractivity contribution in [2.24, 2.45) is 0 Å². The number of rotatable bonds is 9. The minimum atomic E-state index is -1.41. The molecule has 2 aliphatic rings. The number of alkyl halides is 1. The van der Waals surface area contributed by atoms with E-state index in [2.05, 4.69) is 35.8 Å². The van der Waals surface area contributed by atoms with Gasteiger partial charge in [0.1, 0.15) is 12.2 Å². The first-order valence-corrected chi connectivity index (χ1v) is 12.3. The Morgan fingerprint density at radius 2 is 2.23 bits per heavy atom. The average molecular weight is 463 g/mol. The third kappa shape index (κ3) is 7.51. The Balaban J connectivity index is 2.00. The van der Waals surface area contributed by atoms with E-state index in [1.54, 1.807) is 13.2 Å². The highest BCUT2D eigenvalue weighted by molar-refractivity contribution is 7.98. The molecule has 0 radical (unpaired) electrons. The lowest BCUT2D eigenvalue weighted by Crippen LogP contribution is -2.62. The van der Waals surface area contributed by atoms with Crippen molar-refractivity contribution in [3.8, 4) is 0 Å². The Labute approximate surface area is 188 Å². The lowest BCUT2D eigenvalue weighted by atomic mass is 10.0. The Morgan fingerprint density at radius 1 is 1.47 bits per heavy atom. The van der Waals surface area contributed by atoms with Crippen LogP contribution in [0.25, 0.3) is 0 Å². The molecule has 2 rings (SSSR count). The van der Waals surface area contributed by atoms with E-state index in [1.165, 1.54) is 30.2 Å². The molecule has 172 valence electrons. The minimum absolute atomic E-state index is 0.211. The molecule has 0 bridgehead atoms. The predicted molar refractivity (Wildman–Crippen MR) is 120 cm³/mol. The molecule has 2 heterocycles. The largest absolute Gasteiger partial charge is 0.385 e. The number of nitrogens with one attached hydrogen (secondary N) is 2. The molecular formula is C21H35ClN2O5S. The Bertz CT molecular complexity index is 604. The number of allylic oxidation sites excluding steroid dienone is 2. The van der Waals surface area contributed by atoms with Crippen LogP contribution in [0.2, 0.25) is 0 Å². The van der Waals surface area contributed by atoms with Crippen LogP contribution in [-0.4, -0.2) is 70.5 Å². The third-order valence-electron chi connectivity index (χ3n) is 5.29. The molecule has 0 spiro atoms. The van der Waals surface area contributed by atoms with E-state index in [0.29, 0.717) is 13.0 Å². The van der Waals surface area contributed by atoms with E-state index in [1.807, 2.05) is 0 Å². The molecule has 1 amide bonds. The zero-order chi connectivity index (χ0) is 22.1. The van der Waals surface area contributed by atoms with Gasteiger partial charge in [-0.15, -0.1) is 23.4 Å². The van der Waals surface area contributed by atoms with Crippen molar-refractivity contribution in [2.45, 2.75) is 87.5 Å². The molecule has 7 atom stereocenters. The van der Waals surface area contributed by atoms with Crippen LogP contribution in [0.4, 0.5) is 0 Å². The first kappa shape index (κ1) is 25.6. The van der Waals surface area contributed by atoms with Crippen LogP contribution in [0.1, 0.15) is 46.0 Å². The van der Waals surface area contributed by atoms with Crippen molar-refractivity contribution in [3.63, 3.8) is 0 Å². The van der Waals surface area contributed by atoms with Crippen molar-refractivity contribution in [1.82, 2.24) is 10.6 Å². The number of ether oxygens (including phenoxy) is 2. The van der Waals surface area contributed by atoms with Gasteiger partial charge in [0.25, 0.3) is 0 Å². The summed E-state index contributed by atoms with van der Waals surface area (Å²) in [7, 11) is 0. The summed E-state index contributed by atoms with van der Waals surface area (Å²) >= 11 is 7.57. The maximum atomic E-state index is 12.9. The lowest BCUT2D eigenvalue weighted by Gasteiger charge is -2.41. The maximum Gasteiger partial charge on any atom is 0.237 e. The number of hydrogen-bond donors (Lipinski definition) is 4. The number of thioether (sulfide) groups is 1. The van der Waals surface area contributed by atoms with Gasteiger partial charge in [-0.2, -0.15) is 0 Å². The molecule has 4 N–H and O–H groups in total. The average Bonchev–Trinajstić information content (AvgIpc) is 2.97. The second kappa shape index (κ2) is 13.1. The fourth-order valence-electron chi connectivity index (χ4n) is 3.48. The smallest absolute Gasteiger partial charge is 0.237 e. The number of amides is 1. The zero-order valence-corrected chi connectivity index (χ0v) is 19.5. The van der Waals surface area contributed by atoms with Crippen LogP contribution in [0.3, 0.4) is 0 Å². The number of hydrogen-bond acceptors (Lipinski definition) is 7. The highest BCUT2D eigenvalue weighted by atomic mass is 35.5. The van der Waals surface area contributed by atoms with Gasteiger partial charge < -0.3 is 30.3 Å². The first-order valence-electron chi connectivity index (χ1n) is 10.6. The zero-order valence-electron chi connectivity index (χ0n) is 17.9. The minimum Gasteiger partial charge on any atom is -0.385 e. The van der Waals surface area contributed by atoms with Crippen molar-refractivity contribution >= 4 is 29.3 Å². The summed E-state index contributed by atoms with van der Waals surface area (Å²) in [6, 6.07) is -1.09. The second-order valence-corrected chi connectivity index (χ2v) is 9.21. The number of halogens is 1. The fraction of sp³-hybridized carbons (Fsp3) is 0.762.